The third-order valence-corrected chi connectivity index (χ3v) is 9.79. The average molecular weight is 629 g/mol. The summed E-state index contributed by atoms with van der Waals surface area (Å²) in [5, 5.41) is 0. The first-order chi connectivity index (χ1) is 24.3. The van der Waals surface area contributed by atoms with Gasteiger partial charge in [0.1, 0.15) is 0 Å². The molecule has 230 valence electrons. The molecule has 0 atom stereocenters. The van der Waals surface area contributed by atoms with E-state index in [0.717, 1.165) is 17.1 Å². The first-order valence-corrected chi connectivity index (χ1v) is 16.7. The van der Waals surface area contributed by atoms with E-state index in [0.29, 0.717) is 0 Å². The molecule has 0 fully saturated rings. The number of hydrogen-bond donors (Lipinski definition) is 0. The van der Waals surface area contributed by atoms with Crippen molar-refractivity contribution in [3.63, 3.8) is 0 Å². The topological polar surface area (TPSA) is 11.6 Å². The molecular formula is C46H34N3+3. The summed E-state index contributed by atoms with van der Waals surface area (Å²) in [6.45, 7) is 0. The van der Waals surface area contributed by atoms with Crippen LogP contribution in [0.1, 0.15) is 22.3 Å². The standard InChI is InChI=1S/C46H34N3/c1-5-17-37(18-6-1)46(38-19-7-2-8-20-38)44-27-14-13-26-42(44)43-29-28-36(31-45(43)46)35-16-15-25-41(30-35)49-33-47(39-21-9-3-10-22-39)32-48(34-49)40-23-11-4-12-24-40/h1-34H/q+3. The molecule has 0 saturated carbocycles. The number of para-hydroxylation sites is 2. The summed E-state index contributed by atoms with van der Waals surface area (Å²) in [5.74, 6) is 0. The third kappa shape index (κ3) is 4.87. The number of fused-ring (bicyclic) bond motifs is 3. The first-order valence-electron chi connectivity index (χ1n) is 16.7. The Kier molecular flexibility index (Phi) is 7.02. The Hall–Kier alpha value is -6.45. The molecule has 0 saturated heterocycles. The van der Waals surface area contributed by atoms with Crippen molar-refractivity contribution in [3.05, 3.63) is 229 Å². The lowest BCUT2D eigenvalue weighted by Gasteiger charge is -2.34. The number of benzene rings is 7. The van der Waals surface area contributed by atoms with Gasteiger partial charge < -0.3 is 0 Å². The summed E-state index contributed by atoms with van der Waals surface area (Å²) in [5.41, 5.74) is 12.9. The van der Waals surface area contributed by atoms with Gasteiger partial charge in [-0.05, 0) is 50.6 Å². The van der Waals surface area contributed by atoms with Crippen LogP contribution in [0, 0.1) is 0 Å². The second-order valence-electron chi connectivity index (χ2n) is 12.6. The van der Waals surface area contributed by atoms with Crippen LogP contribution in [0.2, 0.25) is 0 Å². The van der Waals surface area contributed by atoms with E-state index in [1.165, 1.54) is 44.5 Å². The Balaban J connectivity index is 1.22. The second-order valence-corrected chi connectivity index (χ2v) is 12.6. The van der Waals surface area contributed by atoms with Crippen molar-refractivity contribution in [3.8, 4) is 39.3 Å². The maximum absolute atomic E-state index is 2.43. The molecule has 1 heterocycles. The van der Waals surface area contributed by atoms with Crippen molar-refractivity contribution in [1.29, 1.82) is 0 Å². The molecule has 0 amide bonds. The highest BCUT2D eigenvalue weighted by Crippen LogP contribution is 2.56. The normalized spacial score (nSPS) is 12.7. The fourth-order valence-electron chi connectivity index (χ4n) is 7.56. The molecule has 0 spiro atoms. The second kappa shape index (κ2) is 12.0. The van der Waals surface area contributed by atoms with Gasteiger partial charge in [-0.3, -0.25) is 0 Å². The van der Waals surface area contributed by atoms with Gasteiger partial charge >= 0.3 is 19.0 Å². The quantitative estimate of drug-likeness (QED) is 0.164. The number of rotatable bonds is 6. The van der Waals surface area contributed by atoms with Gasteiger partial charge in [0.2, 0.25) is 17.1 Å². The molecule has 0 bridgehead atoms. The van der Waals surface area contributed by atoms with Crippen LogP contribution in [-0.2, 0) is 5.41 Å². The maximum Gasteiger partial charge on any atom is 0.428 e. The summed E-state index contributed by atoms with van der Waals surface area (Å²) >= 11 is 0. The van der Waals surface area contributed by atoms with Gasteiger partial charge in [0.25, 0.3) is 0 Å². The predicted molar refractivity (Wildman–Crippen MR) is 194 cm³/mol. The Morgan fingerprint density at radius 3 is 1.35 bits per heavy atom. The van der Waals surface area contributed by atoms with E-state index in [-0.39, 0.29) is 0 Å². The van der Waals surface area contributed by atoms with Crippen molar-refractivity contribution >= 4 is 0 Å². The molecule has 9 rings (SSSR count). The third-order valence-electron chi connectivity index (χ3n) is 9.79. The summed E-state index contributed by atoms with van der Waals surface area (Å²) < 4.78 is 6.53. The number of hydrogen-bond acceptors (Lipinski definition) is 0. The van der Waals surface area contributed by atoms with Gasteiger partial charge in [0.05, 0.1) is 5.41 Å². The zero-order valence-corrected chi connectivity index (χ0v) is 27.0. The molecule has 0 N–H and O–H groups in total. The maximum atomic E-state index is 2.43. The molecule has 0 radical (unpaired) electrons. The lowest BCUT2D eigenvalue weighted by Crippen LogP contribution is -2.55. The molecule has 1 aliphatic carbocycles. The van der Waals surface area contributed by atoms with E-state index in [2.05, 4.69) is 221 Å². The lowest BCUT2D eigenvalue weighted by molar-refractivity contribution is -0.858. The van der Waals surface area contributed by atoms with E-state index >= 15 is 0 Å². The van der Waals surface area contributed by atoms with Crippen LogP contribution in [0.4, 0.5) is 0 Å². The molecule has 49 heavy (non-hydrogen) atoms. The zero-order valence-electron chi connectivity index (χ0n) is 27.0. The van der Waals surface area contributed by atoms with Crippen LogP contribution < -0.4 is 13.7 Å². The van der Waals surface area contributed by atoms with E-state index in [1.54, 1.807) is 0 Å². The fourth-order valence-corrected chi connectivity index (χ4v) is 7.56. The van der Waals surface area contributed by atoms with Crippen LogP contribution in [0.5, 0.6) is 0 Å². The molecule has 8 aromatic rings. The van der Waals surface area contributed by atoms with Gasteiger partial charge in [0.15, 0.2) is 0 Å². The van der Waals surface area contributed by atoms with Crippen LogP contribution in [0.25, 0.3) is 39.3 Å². The largest absolute Gasteiger partial charge is 0.428 e. The van der Waals surface area contributed by atoms with Crippen molar-refractivity contribution < 1.29 is 13.7 Å². The van der Waals surface area contributed by atoms with E-state index < -0.39 is 5.41 Å². The molecule has 0 aliphatic heterocycles. The summed E-state index contributed by atoms with van der Waals surface area (Å²) in [6.07, 6.45) is 6.40. The van der Waals surface area contributed by atoms with Gasteiger partial charge in [-0.2, -0.15) is 0 Å². The Bertz CT molecular complexity index is 2320. The Labute approximate surface area is 286 Å². The minimum atomic E-state index is -0.432. The van der Waals surface area contributed by atoms with Gasteiger partial charge in [-0.1, -0.05) is 159 Å². The smallest absolute Gasteiger partial charge is 0.0622 e. The fraction of sp³-hybridized carbons (Fsp3) is 0.0217. The van der Waals surface area contributed by atoms with Gasteiger partial charge in [-0.15, -0.1) is 0 Å². The molecule has 3 heteroatoms. The van der Waals surface area contributed by atoms with E-state index in [4.69, 9.17) is 0 Å². The SMILES string of the molecule is c1ccc(-[n+]2c[n+](-c3ccccc3)c[n+](-c3cccc(-c4ccc5c(c4)C(c4ccccc4)(c4ccccc4)c4ccccc4-5)c3)c2)cc1. The van der Waals surface area contributed by atoms with E-state index in [1.807, 2.05) is 0 Å². The molecule has 1 aliphatic rings. The zero-order chi connectivity index (χ0) is 32.6. The number of aromatic nitrogens is 3. The van der Waals surface area contributed by atoms with Crippen LogP contribution in [0.15, 0.2) is 207 Å². The van der Waals surface area contributed by atoms with Crippen molar-refractivity contribution in [2.24, 2.45) is 0 Å². The summed E-state index contributed by atoms with van der Waals surface area (Å²) in [7, 11) is 0. The highest BCUT2D eigenvalue weighted by molar-refractivity contribution is 5.88. The minimum Gasteiger partial charge on any atom is -0.0622 e. The van der Waals surface area contributed by atoms with Crippen molar-refractivity contribution in [2.75, 3.05) is 0 Å². The highest BCUT2D eigenvalue weighted by Gasteiger charge is 2.46. The van der Waals surface area contributed by atoms with Crippen LogP contribution in [-0.4, -0.2) is 0 Å². The predicted octanol–water partition coefficient (Wildman–Crippen LogP) is 8.55. The van der Waals surface area contributed by atoms with Crippen molar-refractivity contribution in [1.82, 2.24) is 0 Å². The Morgan fingerprint density at radius 2 is 0.755 bits per heavy atom. The lowest BCUT2D eigenvalue weighted by atomic mass is 9.67. The Morgan fingerprint density at radius 1 is 0.306 bits per heavy atom. The first kappa shape index (κ1) is 28.7. The summed E-state index contributed by atoms with van der Waals surface area (Å²) in [4.78, 5) is 0. The van der Waals surface area contributed by atoms with Crippen LogP contribution >= 0.6 is 0 Å². The molecular weight excluding hydrogens is 595 g/mol. The van der Waals surface area contributed by atoms with Gasteiger partial charge in [-0.25, -0.2) is 0 Å². The minimum absolute atomic E-state index is 0.432. The molecule has 0 unspecified atom stereocenters. The molecule has 1 aromatic heterocycles. The van der Waals surface area contributed by atoms with E-state index in [9.17, 15) is 0 Å². The van der Waals surface area contributed by atoms with Crippen molar-refractivity contribution in [2.45, 2.75) is 5.41 Å². The van der Waals surface area contributed by atoms with Gasteiger partial charge in [0, 0.05) is 36.4 Å². The monoisotopic (exact) mass is 628 g/mol. The molecule has 3 nitrogen and oxygen atoms in total. The average Bonchev–Trinajstić information content (AvgIpc) is 3.49. The number of nitrogens with zero attached hydrogens (tertiary/aromatic N) is 3. The summed E-state index contributed by atoms with van der Waals surface area (Å²) in [6, 6.07) is 67.7. The molecule has 7 aromatic carbocycles. The van der Waals surface area contributed by atoms with Crippen LogP contribution in [0.3, 0.4) is 0 Å². The highest BCUT2D eigenvalue weighted by atomic mass is 15.2.